The molecule has 162 valence electrons. The number of hydrogen-bond acceptors (Lipinski definition) is 5. The number of benzene rings is 2. The van der Waals surface area contributed by atoms with Crippen molar-refractivity contribution in [3.63, 3.8) is 0 Å². The summed E-state index contributed by atoms with van der Waals surface area (Å²) in [5.74, 6) is -0.592. The van der Waals surface area contributed by atoms with E-state index >= 15 is 0 Å². The smallest absolute Gasteiger partial charge is 0.253 e. The summed E-state index contributed by atoms with van der Waals surface area (Å²) >= 11 is 0. The summed E-state index contributed by atoms with van der Waals surface area (Å²) in [5.41, 5.74) is 1.67. The maximum absolute atomic E-state index is 12.7. The van der Waals surface area contributed by atoms with Gasteiger partial charge in [-0.15, -0.1) is 0 Å². The summed E-state index contributed by atoms with van der Waals surface area (Å²) in [6, 6.07) is 11.5. The molecule has 0 heterocycles. The van der Waals surface area contributed by atoms with E-state index in [1.807, 2.05) is 20.8 Å². The van der Waals surface area contributed by atoms with Crippen molar-refractivity contribution in [3.8, 4) is 5.75 Å². The van der Waals surface area contributed by atoms with E-state index < -0.39 is 22.5 Å². The van der Waals surface area contributed by atoms with Gasteiger partial charge in [-0.2, -0.15) is 0 Å². The molecule has 0 atom stereocenters. The molecule has 0 saturated carbocycles. The minimum Gasteiger partial charge on any atom is -0.495 e. The molecule has 0 unspecified atom stereocenters. The molecule has 2 rings (SSSR count). The molecule has 0 aliphatic heterocycles. The maximum atomic E-state index is 12.7. The second-order valence-electron chi connectivity index (χ2n) is 7.17. The first-order valence-corrected chi connectivity index (χ1v) is 11.2. The summed E-state index contributed by atoms with van der Waals surface area (Å²) in [6.45, 7) is 5.00. The van der Waals surface area contributed by atoms with Crippen molar-refractivity contribution >= 4 is 33.2 Å². The topological polar surface area (TPSA) is 105 Å². The third kappa shape index (κ3) is 5.96. The van der Waals surface area contributed by atoms with Crippen LogP contribution in [0.3, 0.4) is 0 Å². The van der Waals surface area contributed by atoms with Crippen molar-refractivity contribution in [1.29, 1.82) is 0 Å². The summed E-state index contributed by atoms with van der Waals surface area (Å²) in [6.07, 6.45) is 1.02. The number of hydrogen-bond donors (Lipinski definition) is 2. The van der Waals surface area contributed by atoms with Gasteiger partial charge in [0, 0.05) is 6.04 Å². The average Bonchev–Trinajstić information content (AvgIpc) is 2.65. The number of carbonyl (C=O) groups excluding carboxylic acids is 2. The molecule has 2 aromatic carbocycles. The highest BCUT2D eigenvalue weighted by molar-refractivity contribution is 7.92. The van der Waals surface area contributed by atoms with E-state index in [0.717, 1.165) is 16.1 Å². The Labute approximate surface area is 177 Å². The van der Waals surface area contributed by atoms with Crippen LogP contribution in [0.15, 0.2) is 42.5 Å². The van der Waals surface area contributed by atoms with Crippen LogP contribution in [0, 0.1) is 6.92 Å². The zero-order valence-corrected chi connectivity index (χ0v) is 18.5. The number of carbonyl (C=O) groups is 2. The van der Waals surface area contributed by atoms with Crippen molar-refractivity contribution in [1.82, 2.24) is 5.32 Å². The molecule has 0 aliphatic rings. The Morgan fingerprint density at radius 2 is 1.80 bits per heavy atom. The van der Waals surface area contributed by atoms with Crippen LogP contribution in [0.4, 0.5) is 11.4 Å². The number of methoxy groups -OCH3 is 1. The fraction of sp³-hybridized carbons (Fsp3) is 0.333. The highest BCUT2D eigenvalue weighted by atomic mass is 32.2. The molecule has 0 bridgehead atoms. The van der Waals surface area contributed by atoms with Crippen LogP contribution in [0.25, 0.3) is 0 Å². The molecular formula is C21H27N3O5S. The monoisotopic (exact) mass is 433 g/mol. The van der Waals surface area contributed by atoms with Gasteiger partial charge in [0.15, 0.2) is 0 Å². The van der Waals surface area contributed by atoms with E-state index in [1.54, 1.807) is 42.5 Å². The Bertz CT molecular complexity index is 1030. The summed E-state index contributed by atoms with van der Waals surface area (Å²) in [4.78, 5) is 25.1. The van der Waals surface area contributed by atoms with Crippen molar-refractivity contribution in [3.05, 3.63) is 53.6 Å². The van der Waals surface area contributed by atoms with Crippen LogP contribution in [-0.2, 0) is 14.8 Å². The number of ether oxygens (including phenoxy) is 1. The molecular weight excluding hydrogens is 406 g/mol. The summed E-state index contributed by atoms with van der Waals surface area (Å²) in [7, 11) is -2.35. The Balaban J connectivity index is 2.32. The normalized spacial score (nSPS) is 11.1. The predicted octanol–water partition coefficient (Wildman–Crippen LogP) is 2.55. The minimum atomic E-state index is -3.78. The number of aryl methyl sites for hydroxylation is 1. The van der Waals surface area contributed by atoms with E-state index in [1.165, 1.54) is 7.11 Å². The third-order valence-corrected chi connectivity index (χ3v) is 5.28. The summed E-state index contributed by atoms with van der Waals surface area (Å²) in [5, 5.41) is 5.41. The highest BCUT2D eigenvalue weighted by Gasteiger charge is 2.25. The zero-order chi connectivity index (χ0) is 22.5. The van der Waals surface area contributed by atoms with Gasteiger partial charge in [-0.05, 0) is 50.6 Å². The van der Waals surface area contributed by atoms with E-state index in [9.17, 15) is 18.0 Å². The molecule has 30 heavy (non-hydrogen) atoms. The van der Waals surface area contributed by atoms with Gasteiger partial charge in [0.25, 0.3) is 5.91 Å². The van der Waals surface area contributed by atoms with Crippen LogP contribution in [-0.4, -0.2) is 46.2 Å². The van der Waals surface area contributed by atoms with Crippen molar-refractivity contribution < 1.29 is 22.7 Å². The standard InChI is InChI=1S/C21H27N3O5S/c1-14(2)22-21(26)16-8-6-7-9-17(16)23-20(25)13-24(30(5,27)28)18-12-15(3)10-11-19(18)29-4/h6-12,14H,13H2,1-5H3,(H,22,26)(H,23,25). The number of rotatable bonds is 8. The van der Waals surface area contributed by atoms with Crippen LogP contribution in [0.1, 0.15) is 29.8 Å². The van der Waals surface area contributed by atoms with Crippen molar-refractivity contribution in [2.75, 3.05) is 29.5 Å². The van der Waals surface area contributed by atoms with Crippen LogP contribution in [0.5, 0.6) is 5.75 Å². The largest absolute Gasteiger partial charge is 0.495 e. The third-order valence-electron chi connectivity index (χ3n) is 4.16. The first kappa shape index (κ1) is 23.2. The van der Waals surface area contributed by atoms with Gasteiger partial charge < -0.3 is 15.4 Å². The molecule has 0 saturated heterocycles. The quantitative estimate of drug-likeness (QED) is 0.666. The number of sulfonamides is 1. The lowest BCUT2D eigenvalue weighted by Gasteiger charge is -2.24. The van der Waals surface area contributed by atoms with Gasteiger partial charge in [0.05, 0.1) is 30.3 Å². The van der Waals surface area contributed by atoms with Crippen LogP contribution >= 0.6 is 0 Å². The molecule has 0 aromatic heterocycles. The molecule has 0 aliphatic carbocycles. The van der Waals surface area contributed by atoms with E-state index in [0.29, 0.717) is 17.0 Å². The lowest BCUT2D eigenvalue weighted by atomic mass is 10.1. The zero-order valence-electron chi connectivity index (χ0n) is 17.7. The SMILES string of the molecule is COc1ccc(C)cc1N(CC(=O)Nc1ccccc1C(=O)NC(C)C)S(C)(=O)=O. The molecule has 8 nitrogen and oxygen atoms in total. The first-order valence-electron chi connectivity index (χ1n) is 9.35. The second kappa shape index (κ2) is 9.62. The Kier molecular flexibility index (Phi) is 7.44. The fourth-order valence-corrected chi connectivity index (χ4v) is 3.68. The summed E-state index contributed by atoms with van der Waals surface area (Å²) < 4.78 is 31.1. The molecule has 2 amide bonds. The molecule has 9 heteroatoms. The lowest BCUT2D eigenvalue weighted by molar-refractivity contribution is -0.114. The van der Waals surface area contributed by atoms with Crippen LogP contribution in [0.2, 0.25) is 0 Å². The number of amides is 2. The maximum Gasteiger partial charge on any atom is 0.253 e. The first-order chi connectivity index (χ1) is 14.0. The number of nitrogens with one attached hydrogen (secondary N) is 2. The average molecular weight is 434 g/mol. The predicted molar refractivity (Wildman–Crippen MR) is 118 cm³/mol. The molecule has 0 radical (unpaired) electrons. The van der Waals surface area contributed by atoms with Gasteiger partial charge in [0.1, 0.15) is 12.3 Å². The molecule has 0 spiro atoms. The molecule has 2 aromatic rings. The minimum absolute atomic E-state index is 0.0734. The van der Waals surface area contributed by atoms with Gasteiger partial charge in [-0.25, -0.2) is 8.42 Å². The van der Waals surface area contributed by atoms with Crippen molar-refractivity contribution in [2.45, 2.75) is 26.8 Å². The highest BCUT2D eigenvalue weighted by Crippen LogP contribution is 2.31. The lowest BCUT2D eigenvalue weighted by Crippen LogP contribution is -2.38. The Hall–Kier alpha value is -3.07. The van der Waals surface area contributed by atoms with Gasteiger partial charge in [-0.1, -0.05) is 18.2 Å². The molecule has 0 fully saturated rings. The van der Waals surface area contributed by atoms with Crippen molar-refractivity contribution in [2.24, 2.45) is 0 Å². The van der Waals surface area contributed by atoms with Crippen LogP contribution < -0.4 is 19.7 Å². The second-order valence-corrected chi connectivity index (χ2v) is 9.07. The van der Waals surface area contributed by atoms with Gasteiger partial charge in [-0.3, -0.25) is 13.9 Å². The number of nitrogens with zero attached hydrogens (tertiary/aromatic N) is 1. The Morgan fingerprint density at radius 1 is 1.13 bits per heavy atom. The van der Waals surface area contributed by atoms with Gasteiger partial charge in [0.2, 0.25) is 15.9 Å². The fourth-order valence-electron chi connectivity index (χ4n) is 2.83. The number of para-hydroxylation sites is 1. The number of anilines is 2. The van der Waals surface area contributed by atoms with E-state index in [-0.39, 0.29) is 17.6 Å². The van der Waals surface area contributed by atoms with Gasteiger partial charge >= 0.3 is 0 Å². The molecule has 2 N–H and O–H groups in total. The van der Waals surface area contributed by atoms with E-state index in [4.69, 9.17) is 4.74 Å². The Morgan fingerprint density at radius 3 is 2.40 bits per heavy atom. The van der Waals surface area contributed by atoms with E-state index in [2.05, 4.69) is 10.6 Å².